The highest BCUT2D eigenvalue weighted by Gasteiger charge is 2.50. The van der Waals surface area contributed by atoms with Crippen LogP contribution in [0.3, 0.4) is 0 Å². The van der Waals surface area contributed by atoms with Gasteiger partial charge in [0.1, 0.15) is 6.21 Å². The molecule has 164 valence electrons. The first-order chi connectivity index (χ1) is 14.9. The van der Waals surface area contributed by atoms with E-state index < -0.39 is 16.7 Å². The molecule has 2 aliphatic heterocycles. The third-order valence-corrected chi connectivity index (χ3v) is 6.66. The zero-order valence-corrected chi connectivity index (χ0v) is 18.5. The monoisotopic (exact) mass is 464 g/mol. The highest BCUT2D eigenvalue weighted by atomic mass is 35.5. The van der Waals surface area contributed by atoms with Gasteiger partial charge in [0, 0.05) is 29.9 Å². The molecule has 0 radical (unpaired) electrons. The SMILES string of the molecule is O=C(O)C(=O)O[N+]1(c2ccc(Cl)c(Cl)c2)N=CC2=C1CCC/C2=C\CN1CCCCC1. The van der Waals surface area contributed by atoms with Gasteiger partial charge in [0.15, 0.2) is 5.70 Å². The van der Waals surface area contributed by atoms with Gasteiger partial charge in [-0.3, -0.25) is 4.90 Å². The van der Waals surface area contributed by atoms with Crippen LogP contribution in [-0.2, 0) is 14.4 Å². The fourth-order valence-corrected chi connectivity index (χ4v) is 4.65. The number of nitrogens with zero attached hydrogens (tertiary/aromatic N) is 3. The Morgan fingerprint density at radius 2 is 1.90 bits per heavy atom. The van der Waals surface area contributed by atoms with Gasteiger partial charge in [-0.25, -0.2) is 14.4 Å². The summed E-state index contributed by atoms with van der Waals surface area (Å²) in [6.07, 6.45) is 9.99. The van der Waals surface area contributed by atoms with Crippen LogP contribution in [0.4, 0.5) is 5.69 Å². The summed E-state index contributed by atoms with van der Waals surface area (Å²) < 4.78 is -0.682. The predicted octanol–water partition coefficient (Wildman–Crippen LogP) is 4.69. The molecule has 1 unspecified atom stereocenters. The van der Waals surface area contributed by atoms with Crippen LogP contribution < -0.4 is 4.76 Å². The number of hydroxylamine groups is 1. The molecule has 1 aromatic carbocycles. The van der Waals surface area contributed by atoms with Crippen molar-refractivity contribution in [2.75, 3.05) is 19.6 Å². The number of hydrogen-bond acceptors (Lipinski definition) is 5. The molecule has 0 spiro atoms. The van der Waals surface area contributed by atoms with E-state index in [1.54, 1.807) is 24.4 Å². The maximum absolute atomic E-state index is 12.1. The standard InChI is InChI=1S/C22H23Cl2N3O4/c23-18-8-7-16(13-19(18)24)27(31-22(30)21(28)29)20-6-4-5-15(17(20)14-25-27)9-12-26-10-2-1-3-11-26/h7-9,13-14H,1-6,10-12H2/p+1/b15-9+. The number of likely N-dealkylation sites (tertiary alicyclic amines) is 1. The van der Waals surface area contributed by atoms with Crippen LogP contribution in [0.15, 0.2) is 46.2 Å². The number of hydrogen-bond donors (Lipinski definition) is 1. The van der Waals surface area contributed by atoms with Gasteiger partial charge >= 0.3 is 11.9 Å². The Kier molecular flexibility index (Phi) is 6.48. The fraction of sp³-hybridized carbons (Fsp3) is 0.409. The van der Waals surface area contributed by atoms with Crippen LogP contribution in [-0.4, -0.2) is 47.8 Å². The van der Waals surface area contributed by atoms with Crippen LogP contribution in [0.2, 0.25) is 10.0 Å². The Balaban J connectivity index is 1.73. The first-order valence-electron chi connectivity index (χ1n) is 10.4. The quantitative estimate of drug-likeness (QED) is 0.516. The number of carboxylic acids is 1. The molecule has 1 aromatic rings. The van der Waals surface area contributed by atoms with Crippen LogP contribution in [0.1, 0.15) is 38.5 Å². The number of halogens is 2. The lowest BCUT2D eigenvalue weighted by molar-refractivity contribution is -0.188. The zero-order chi connectivity index (χ0) is 22.0. The summed E-state index contributed by atoms with van der Waals surface area (Å²) in [5, 5.41) is 14.3. The van der Waals surface area contributed by atoms with E-state index in [1.807, 2.05) is 0 Å². The largest absolute Gasteiger partial charge is 0.478 e. The Morgan fingerprint density at radius 1 is 1.13 bits per heavy atom. The van der Waals surface area contributed by atoms with Gasteiger partial charge in [0.25, 0.3) is 0 Å². The van der Waals surface area contributed by atoms with E-state index in [9.17, 15) is 9.59 Å². The van der Waals surface area contributed by atoms with Crippen molar-refractivity contribution in [3.63, 3.8) is 0 Å². The number of aliphatic carboxylic acids is 1. The number of carbonyl (C=O) groups excluding carboxylic acids is 1. The topological polar surface area (TPSA) is 79.2 Å². The molecule has 31 heavy (non-hydrogen) atoms. The summed E-state index contributed by atoms with van der Waals surface area (Å²) in [5.74, 6) is -3.07. The predicted molar refractivity (Wildman–Crippen MR) is 120 cm³/mol. The minimum atomic E-state index is -1.68. The zero-order valence-electron chi connectivity index (χ0n) is 17.0. The first kappa shape index (κ1) is 22.0. The summed E-state index contributed by atoms with van der Waals surface area (Å²) >= 11 is 12.3. The highest BCUT2D eigenvalue weighted by Crippen LogP contribution is 2.44. The van der Waals surface area contributed by atoms with Crippen molar-refractivity contribution in [1.29, 1.82) is 0 Å². The van der Waals surface area contributed by atoms with Crippen molar-refractivity contribution in [1.82, 2.24) is 9.66 Å². The molecule has 0 amide bonds. The molecule has 9 heteroatoms. The lowest BCUT2D eigenvalue weighted by Gasteiger charge is -2.29. The number of quaternary nitrogens is 1. The van der Waals surface area contributed by atoms with Gasteiger partial charge < -0.3 is 5.11 Å². The van der Waals surface area contributed by atoms with Crippen molar-refractivity contribution in [2.24, 2.45) is 5.10 Å². The molecule has 1 fully saturated rings. The Bertz CT molecular complexity index is 998. The van der Waals surface area contributed by atoms with Crippen molar-refractivity contribution in [3.05, 3.63) is 51.2 Å². The molecular weight excluding hydrogens is 441 g/mol. The summed E-state index contributed by atoms with van der Waals surface area (Å²) in [4.78, 5) is 31.3. The summed E-state index contributed by atoms with van der Waals surface area (Å²) in [5.41, 5.74) is 3.18. The number of allylic oxidation sites excluding steroid dienone is 3. The Hall–Kier alpha value is -2.19. The molecule has 1 saturated heterocycles. The molecule has 7 nitrogen and oxygen atoms in total. The molecular formula is C22H24Cl2N3O4+. The second-order valence-electron chi connectivity index (χ2n) is 7.91. The van der Waals surface area contributed by atoms with Crippen molar-refractivity contribution < 1.29 is 19.5 Å². The van der Waals surface area contributed by atoms with E-state index in [1.165, 1.54) is 19.3 Å². The maximum atomic E-state index is 12.1. The minimum absolute atomic E-state index is 0.268. The molecule has 1 N–H and O–H groups in total. The van der Waals surface area contributed by atoms with E-state index >= 15 is 0 Å². The van der Waals surface area contributed by atoms with Gasteiger partial charge in [0.2, 0.25) is 5.69 Å². The minimum Gasteiger partial charge on any atom is -0.473 e. The van der Waals surface area contributed by atoms with E-state index in [-0.39, 0.29) is 5.02 Å². The summed E-state index contributed by atoms with van der Waals surface area (Å²) in [6, 6.07) is 4.78. The normalized spacial score (nSPS) is 25.0. The average Bonchev–Trinajstić information content (AvgIpc) is 3.15. The van der Waals surface area contributed by atoms with Gasteiger partial charge in [-0.1, -0.05) is 35.7 Å². The van der Waals surface area contributed by atoms with Gasteiger partial charge in [-0.05, 0) is 55.5 Å². The molecule has 4 rings (SSSR count). The van der Waals surface area contributed by atoms with Gasteiger partial charge in [-0.15, -0.1) is 0 Å². The molecule has 0 saturated carbocycles. The fourth-order valence-electron chi connectivity index (χ4n) is 4.36. The van der Waals surface area contributed by atoms with Crippen LogP contribution in [0.25, 0.3) is 0 Å². The second kappa shape index (κ2) is 9.12. The number of benzene rings is 1. The number of rotatable bonds is 4. The number of carboxylic acid groups (broad SMARTS) is 1. The van der Waals surface area contributed by atoms with Gasteiger partial charge in [0.05, 0.1) is 15.6 Å². The summed E-state index contributed by atoms with van der Waals surface area (Å²) in [7, 11) is 0. The molecule has 1 atom stereocenters. The Labute approximate surface area is 190 Å². The lowest BCUT2D eigenvalue weighted by Crippen LogP contribution is -2.45. The van der Waals surface area contributed by atoms with Gasteiger partial charge in [-0.2, -0.15) is 0 Å². The maximum Gasteiger partial charge on any atom is 0.478 e. The first-order valence-corrected chi connectivity index (χ1v) is 11.2. The highest BCUT2D eigenvalue weighted by molar-refractivity contribution is 6.42. The number of piperidine rings is 1. The van der Waals surface area contributed by atoms with E-state index in [0.717, 1.165) is 49.3 Å². The average molecular weight is 465 g/mol. The second-order valence-corrected chi connectivity index (χ2v) is 8.72. The molecule has 3 aliphatic rings. The molecule has 0 bridgehead atoms. The van der Waals surface area contributed by atoms with Crippen LogP contribution >= 0.6 is 23.2 Å². The van der Waals surface area contributed by atoms with Crippen LogP contribution in [0.5, 0.6) is 0 Å². The van der Waals surface area contributed by atoms with E-state index in [4.69, 9.17) is 33.1 Å². The third kappa shape index (κ3) is 4.41. The van der Waals surface area contributed by atoms with Crippen molar-refractivity contribution in [3.8, 4) is 0 Å². The van der Waals surface area contributed by atoms with E-state index in [2.05, 4.69) is 16.1 Å². The summed E-state index contributed by atoms with van der Waals surface area (Å²) in [6.45, 7) is 3.06. The lowest BCUT2D eigenvalue weighted by atomic mass is 9.91. The number of carbonyl (C=O) groups is 2. The van der Waals surface area contributed by atoms with Crippen molar-refractivity contribution in [2.45, 2.75) is 38.5 Å². The van der Waals surface area contributed by atoms with Crippen LogP contribution in [0, 0.1) is 0 Å². The third-order valence-electron chi connectivity index (χ3n) is 5.92. The van der Waals surface area contributed by atoms with Crippen molar-refractivity contribution >= 4 is 47.0 Å². The van der Waals surface area contributed by atoms with E-state index in [0.29, 0.717) is 17.1 Å². The Morgan fingerprint density at radius 3 is 2.61 bits per heavy atom. The molecule has 1 aliphatic carbocycles. The molecule has 2 heterocycles. The molecule has 0 aromatic heterocycles. The smallest absolute Gasteiger partial charge is 0.473 e.